The second kappa shape index (κ2) is 5.93. The molecule has 1 aromatic carbocycles. The fraction of sp³-hybridized carbons (Fsp3) is 0.231. The van der Waals surface area contributed by atoms with Crippen LogP contribution in [0.1, 0.15) is 12.5 Å². The van der Waals surface area contributed by atoms with Crippen LogP contribution in [-0.2, 0) is 11.2 Å². The number of nitrogens with zero attached hydrogens (tertiary/aromatic N) is 3. The van der Waals surface area contributed by atoms with E-state index >= 15 is 0 Å². The van der Waals surface area contributed by atoms with E-state index in [1.807, 2.05) is 6.07 Å². The summed E-state index contributed by atoms with van der Waals surface area (Å²) in [6.07, 6.45) is 0.755. The summed E-state index contributed by atoms with van der Waals surface area (Å²) in [5.41, 5.74) is 10.3. The normalized spacial score (nSPS) is 13.6. The number of carbonyl (C=O) groups is 1. The molecule has 2 rings (SSSR count). The summed E-state index contributed by atoms with van der Waals surface area (Å²) < 4.78 is 0.770. The van der Waals surface area contributed by atoms with Crippen LogP contribution >= 0.6 is 15.9 Å². The molecular formula is C13H13BrN6O. The zero-order valence-electron chi connectivity index (χ0n) is 11.3. The van der Waals surface area contributed by atoms with Crippen molar-refractivity contribution < 1.29 is 4.79 Å². The van der Waals surface area contributed by atoms with Gasteiger partial charge in [0.05, 0.1) is 11.4 Å². The third-order valence-corrected chi connectivity index (χ3v) is 3.66. The number of halogens is 1. The van der Waals surface area contributed by atoms with Gasteiger partial charge in [0.15, 0.2) is 5.84 Å². The van der Waals surface area contributed by atoms with Crippen LogP contribution in [0.3, 0.4) is 0 Å². The lowest BCUT2D eigenvalue weighted by atomic mass is 10.1. The molecule has 0 fully saturated rings. The highest BCUT2D eigenvalue weighted by atomic mass is 79.9. The van der Waals surface area contributed by atoms with Gasteiger partial charge < -0.3 is 10.6 Å². The monoisotopic (exact) mass is 348 g/mol. The predicted octanol–water partition coefficient (Wildman–Crippen LogP) is 1.59. The highest BCUT2D eigenvalue weighted by Crippen LogP contribution is 2.38. The average Bonchev–Trinajstić information content (AvgIpc) is 2.83. The first-order valence-electron chi connectivity index (χ1n) is 6.12. The Morgan fingerprint density at radius 1 is 1.62 bits per heavy atom. The highest BCUT2D eigenvalue weighted by Gasteiger charge is 2.25. The fourth-order valence-corrected chi connectivity index (χ4v) is 2.85. The minimum atomic E-state index is -0.395. The van der Waals surface area contributed by atoms with Gasteiger partial charge in [-0.15, -0.1) is 0 Å². The number of amidine groups is 1. The molecule has 1 aliphatic heterocycles. The van der Waals surface area contributed by atoms with Gasteiger partial charge in [0.2, 0.25) is 11.6 Å². The molecule has 21 heavy (non-hydrogen) atoms. The number of anilines is 2. The molecule has 0 saturated heterocycles. The number of amides is 1. The number of nitrogens with two attached hydrogens (primary N) is 1. The molecule has 108 valence electrons. The number of rotatable bonds is 3. The maximum atomic E-state index is 11.6. The number of nitriles is 1. The van der Waals surface area contributed by atoms with Crippen molar-refractivity contribution in [3.8, 4) is 6.07 Å². The molecule has 1 aliphatic rings. The van der Waals surface area contributed by atoms with Crippen LogP contribution in [0, 0.1) is 16.7 Å². The lowest BCUT2D eigenvalue weighted by molar-refractivity contribution is -0.116. The summed E-state index contributed by atoms with van der Waals surface area (Å²) in [5, 5.41) is 19.8. The Kier molecular flexibility index (Phi) is 4.23. The number of benzene rings is 1. The van der Waals surface area contributed by atoms with Crippen molar-refractivity contribution in [2.45, 2.75) is 13.3 Å². The summed E-state index contributed by atoms with van der Waals surface area (Å²) in [6, 6.07) is 5.36. The van der Waals surface area contributed by atoms with Crippen LogP contribution in [0.15, 0.2) is 21.7 Å². The van der Waals surface area contributed by atoms with Crippen molar-refractivity contribution >= 4 is 44.8 Å². The number of nitrogens with one attached hydrogen (secondary N) is 2. The van der Waals surface area contributed by atoms with Gasteiger partial charge in [0.1, 0.15) is 6.07 Å². The number of hydrazone groups is 1. The van der Waals surface area contributed by atoms with Crippen LogP contribution in [-0.4, -0.2) is 24.0 Å². The standard InChI is InChI=1S/C13H13BrN6O/c1-7(21)20-3-2-8-4-9(5-10(14)12(8)20)18-19-11(6-15)13(16)17/h4-5,18H,2-3H2,1H3,(H3,16,17)/b19-11+. The zero-order valence-corrected chi connectivity index (χ0v) is 12.9. The molecule has 1 heterocycles. The van der Waals surface area contributed by atoms with Gasteiger partial charge in [-0.2, -0.15) is 10.4 Å². The minimum Gasteiger partial charge on any atom is -0.382 e. The zero-order chi connectivity index (χ0) is 15.6. The van der Waals surface area contributed by atoms with Gasteiger partial charge >= 0.3 is 0 Å². The van der Waals surface area contributed by atoms with Crippen LogP contribution in [0.4, 0.5) is 11.4 Å². The van der Waals surface area contributed by atoms with Crippen molar-refractivity contribution in [1.29, 1.82) is 10.7 Å². The number of fused-ring (bicyclic) bond motifs is 1. The van der Waals surface area contributed by atoms with Crippen molar-refractivity contribution in [1.82, 2.24) is 0 Å². The van der Waals surface area contributed by atoms with Crippen molar-refractivity contribution in [2.24, 2.45) is 10.8 Å². The highest BCUT2D eigenvalue weighted by molar-refractivity contribution is 9.10. The third kappa shape index (κ3) is 3.03. The van der Waals surface area contributed by atoms with E-state index in [0.29, 0.717) is 12.2 Å². The van der Waals surface area contributed by atoms with Gasteiger partial charge in [-0.1, -0.05) is 0 Å². The fourth-order valence-electron chi connectivity index (χ4n) is 2.14. The first-order valence-corrected chi connectivity index (χ1v) is 6.92. The molecule has 0 aromatic heterocycles. The van der Waals surface area contributed by atoms with Gasteiger partial charge in [-0.25, -0.2) is 0 Å². The first kappa shape index (κ1) is 15.0. The molecule has 1 aromatic rings. The topological polar surface area (TPSA) is 118 Å². The average molecular weight is 349 g/mol. The minimum absolute atomic E-state index is 0.00322. The summed E-state index contributed by atoms with van der Waals surface area (Å²) in [6.45, 7) is 2.18. The van der Waals surface area contributed by atoms with E-state index in [0.717, 1.165) is 22.1 Å². The molecule has 0 saturated carbocycles. The molecule has 8 heteroatoms. The van der Waals surface area contributed by atoms with E-state index in [2.05, 4.69) is 26.5 Å². The van der Waals surface area contributed by atoms with Crippen LogP contribution in [0.5, 0.6) is 0 Å². The van der Waals surface area contributed by atoms with E-state index < -0.39 is 5.84 Å². The molecule has 0 radical (unpaired) electrons. The number of hydrogen-bond donors (Lipinski definition) is 3. The maximum absolute atomic E-state index is 11.6. The Bertz CT molecular complexity index is 691. The molecule has 7 nitrogen and oxygen atoms in total. The summed E-state index contributed by atoms with van der Waals surface area (Å²) in [5.74, 6) is -0.399. The molecule has 4 N–H and O–H groups in total. The SMILES string of the molecule is CC(=O)N1CCc2cc(N/N=C(\C#N)C(=N)N)cc(Br)c21. The number of carbonyl (C=O) groups excluding carboxylic acids is 1. The Morgan fingerprint density at radius 2 is 2.33 bits per heavy atom. The lowest BCUT2D eigenvalue weighted by Crippen LogP contribution is -2.26. The molecule has 0 bridgehead atoms. The van der Waals surface area contributed by atoms with Crippen molar-refractivity contribution in [3.05, 3.63) is 22.2 Å². The molecule has 0 spiro atoms. The molecule has 1 amide bonds. The molecule has 0 unspecified atom stereocenters. The molecule has 0 atom stereocenters. The van der Waals surface area contributed by atoms with E-state index in [-0.39, 0.29) is 11.6 Å². The van der Waals surface area contributed by atoms with Crippen LogP contribution in [0.25, 0.3) is 0 Å². The van der Waals surface area contributed by atoms with Gasteiger partial charge in [0.25, 0.3) is 0 Å². The Hall–Kier alpha value is -2.40. The predicted molar refractivity (Wildman–Crippen MR) is 84.5 cm³/mol. The summed E-state index contributed by atoms with van der Waals surface area (Å²) in [7, 11) is 0. The van der Waals surface area contributed by atoms with Gasteiger partial charge in [-0.05, 0) is 40.0 Å². The Labute approximate surface area is 130 Å². The van der Waals surface area contributed by atoms with Gasteiger partial charge in [-0.3, -0.25) is 15.6 Å². The van der Waals surface area contributed by atoms with E-state index in [9.17, 15) is 4.79 Å². The molecular weight excluding hydrogens is 336 g/mol. The summed E-state index contributed by atoms with van der Waals surface area (Å²) in [4.78, 5) is 13.3. The second-order valence-electron chi connectivity index (χ2n) is 4.48. The largest absolute Gasteiger partial charge is 0.382 e. The number of hydrogen-bond acceptors (Lipinski definition) is 5. The van der Waals surface area contributed by atoms with E-state index in [4.69, 9.17) is 16.4 Å². The van der Waals surface area contributed by atoms with Crippen LogP contribution < -0.4 is 16.1 Å². The van der Waals surface area contributed by atoms with E-state index in [1.54, 1.807) is 17.0 Å². The Balaban J connectivity index is 2.31. The molecule has 0 aliphatic carbocycles. The quantitative estimate of drug-likeness (QED) is 0.436. The van der Waals surface area contributed by atoms with Crippen molar-refractivity contribution in [2.75, 3.05) is 16.9 Å². The third-order valence-electron chi connectivity index (χ3n) is 3.05. The maximum Gasteiger partial charge on any atom is 0.223 e. The first-order chi connectivity index (χ1) is 9.93. The van der Waals surface area contributed by atoms with Crippen molar-refractivity contribution in [3.63, 3.8) is 0 Å². The second-order valence-corrected chi connectivity index (χ2v) is 5.34. The van der Waals surface area contributed by atoms with E-state index in [1.165, 1.54) is 6.92 Å². The van der Waals surface area contributed by atoms with Crippen LogP contribution in [0.2, 0.25) is 0 Å². The van der Waals surface area contributed by atoms with Gasteiger partial charge in [0, 0.05) is 17.9 Å². The lowest BCUT2D eigenvalue weighted by Gasteiger charge is -2.17. The smallest absolute Gasteiger partial charge is 0.223 e. The summed E-state index contributed by atoms with van der Waals surface area (Å²) >= 11 is 3.45. The Morgan fingerprint density at radius 3 is 2.90 bits per heavy atom.